The van der Waals surface area contributed by atoms with Crippen molar-refractivity contribution in [3.8, 4) is 0 Å². The van der Waals surface area contributed by atoms with Crippen LogP contribution in [0.1, 0.15) is 12.8 Å². The molecule has 1 aliphatic heterocycles. The van der Waals surface area contributed by atoms with Crippen molar-refractivity contribution in [1.82, 2.24) is 10.6 Å². The molecule has 8 heteroatoms. The van der Waals surface area contributed by atoms with Crippen LogP contribution in [0.15, 0.2) is 0 Å². The number of carbonyl (C=O) groups excluding carboxylic acids is 1. The van der Waals surface area contributed by atoms with Crippen molar-refractivity contribution in [2.24, 2.45) is 0 Å². The number of rotatable bonds is 6. The third kappa shape index (κ3) is 5.43. The molecule has 1 amide bonds. The Kier molecular flexibility index (Phi) is 6.20. The van der Waals surface area contributed by atoms with Gasteiger partial charge in [-0.05, 0) is 25.9 Å². The summed E-state index contributed by atoms with van der Waals surface area (Å²) in [6.45, 7) is 0.446. The number of alkyl halides is 4. The van der Waals surface area contributed by atoms with Crippen molar-refractivity contribution in [1.29, 1.82) is 0 Å². The van der Waals surface area contributed by atoms with E-state index in [2.05, 4.69) is 5.32 Å². The highest BCUT2D eigenvalue weighted by Crippen LogP contribution is 2.22. The zero-order chi connectivity index (χ0) is 13.6. The lowest BCUT2D eigenvalue weighted by molar-refractivity contribution is -0.135. The molecule has 1 saturated heterocycles. The topological polar surface area (TPSA) is 41.1 Å². The highest BCUT2D eigenvalue weighted by atomic mass is 32.2. The number of amides is 1. The van der Waals surface area contributed by atoms with E-state index >= 15 is 0 Å². The van der Waals surface area contributed by atoms with E-state index in [0.717, 1.165) is 25.9 Å². The highest BCUT2D eigenvalue weighted by Gasteiger charge is 2.40. The van der Waals surface area contributed by atoms with Gasteiger partial charge in [-0.15, -0.1) is 11.8 Å². The zero-order valence-corrected chi connectivity index (χ0v) is 10.5. The molecule has 0 atom stereocenters. The molecule has 1 rings (SSSR count). The zero-order valence-electron chi connectivity index (χ0n) is 9.73. The SMILES string of the molecule is O=C(CSC1CCNCC1)NCC(F)(F)C(F)F. The molecule has 0 saturated carbocycles. The van der Waals surface area contributed by atoms with Crippen molar-refractivity contribution in [3.63, 3.8) is 0 Å². The molecule has 3 nitrogen and oxygen atoms in total. The molecule has 106 valence electrons. The van der Waals surface area contributed by atoms with Gasteiger partial charge in [-0.2, -0.15) is 8.78 Å². The Bertz CT molecular complexity index is 273. The van der Waals surface area contributed by atoms with Crippen LogP contribution in [0, 0.1) is 0 Å². The Balaban J connectivity index is 2.17. The Hall–Kier alpha value is -0.500. The Morgan fingerprint density at radius 2 is 2.00 bits per heavy atom. The maximum Gasteiger partial charge on any atom is 0.324 e. The van der Waals surface area contributed by atoms with Gasteiger partial charge in [0.05, 0.1) is 12.3 Å². The first-order valence-corrected chi connectivity index (χ1v) is 6.71. The van der Waals surface area contributed by atoms with Crippen LogP contribution < -0.4 is 10.6 Å². The Labute approximate surface area is 107 Å². The normalized spacial score (nSPS) is 18.1. The summed E-state index contributed by atoms with van der Waals surface area (Å²) >= 11 is 1.38. The summed E-state index contributed by atoms with van der Waals surface area (Å²) in [6.07, 6.45) is -1.91. The second-order valence-corrected chi connectivity index (χ2v) is 5.39. The largest absolute Gasteiger partial charge is 0.349 e. The van der Waals surface area contributed by atoms with Crippen molar-refractivity contribution < 1.29 is 22.4 Å². The molecule has 1 fully saturated rings. The van der Waals surface area contributed by atoms with Crippen LogP contribution in [-0.4, -0.2) is 48.9 Å². The van der Waals surface area contributed by atoms with Gasteiger partial charge in [-0.25, -0.2) is 8.78 Å². The van der Waals surface area contributed by atoms with Crippen molar-refractivity contribution in [2.45, 2.75) is 30.4 Å². The van der Waals surface area contributed by atoms with Crippen molar-refractivity contribution >= 4 is 17.7 Å². The minimum Gasteiger partial charge on any atom is -0.349 e. The van der Waals surface area contributed by atoms with Gasteiger partial charge in [-0.3, -0.25) is 4.79 Å². The van der Waals surface area contributed by atoms with Crippen LogP contribution in [0.2, 0.25) is 0 Å². The van der Waals surface area contributed by atoms with E-state index in [1.165, 1.54) is 11.8 Å². The molecular weight excluding hydrogens is 272 g/mol. The van der Waals surface area contributed by atoms with Gasteiger partial charge in [0, 0.05) is 5.25 Å². The molecule has 0 spiro atoms. The fraction of sp³-hybridized carbons (Fsp3) is 0.900. The first-order chi connectivity index (χ1) is 8.42. The van der Waals surface area contributed by atoms with E-state index in [1.807, 2.05) is 5.32 Å². The molecule has 0 aromatic heterocycles. The molecular formula is C10H16F4N2OS. The van der Waals surface area contributed by atoms with Gasteiger partial charge in [0.25, 0.3) is 0 Å². The third-order valence-corrected chi connectivity index (χ3v) is 3.95. The summed E-state index contributed by atoms with van der Waals surface area (Å²) in [5.74, 6) is -4.75. The average molecular weight is 288 g/mol. The number of hydrogen-bond donors (Lipinski definition) is 2. The summed E-state index contributed by atoms with van der Waals surface area (Å²) in [4.78, 5) is 11.2. The molecule has 18 heavy (non-hydrogen) atoms. The lowest BCUT2D eigenvalue weighted by atomic mass is 10.2. The van der Waals surface area contributed by atoms with Gasteiger partial charge in [0.15, 0.2) is 0 Å². The molecule has 0 bridgehead atoms. The minimum atomic E-state index is -4.16. The van der Waals surface area contributed by atoms with Gasteiger partial charge < -0.3 is 10.6 Å². The van der Waals surface area contributed by atoms with Gasteiger partial charge in [0.2, 0.25) is 5.91 Å². The van der Waals surface area contributed by atoms with Crippen LogP contribution in [0.3, 0.4) is 0 Å². The van der Waals surface area contributed by atoms with E-state index in [4.69, 9.17) is 0 Å². The minimum absolute atomic E-state index is 0.0317. The summed E-state index contributed by atoms with van der Waals surface area (Å²) in [5.41, 5.74) is 0. The van der Waals surface area contributed by atoms with Crippen LogP contribution in [0.4, 0.5) is 17.6 Å². The summed E-state index contributed by atoms with van der Waals surface area (Å²) in [7, 11) is 0. The second-order valence-electron chi connectivity index (χ2n) is 4.10. The van der Waals surface area contributed by atoms with Gasteiger partial charge in [-0.1, -0.05) is 0 Å². The monoisotopic (exact) mass is 288 g/mol. The molecule has 1 heterocycles. The molecule has 0 radical (unpaired) electrons. The first kappa shape index (κ1) is 15.6. The fourth-order valence-corrected chi connectivity index (χ4v) is 2.56. The maximum atomic E-state index is 12.5. The number of thioether (sulfide) groups is 1. The van der Waals surface area contributed by atoms with Gasteiger partial charge >= 0.3 is 12.3 Å². The molecule has 0 aromatic carbocycles. The molecule has 0 aromatic rings. The standard InChI is InChI=1S/C10H16F4N2OS/c11-9(12)10(13,14)6-16-8(17)5-18-7-1-3-15-4-2-7/h7,9,15H,1-6H2,(H,16,17). The predicted molar refractivity (Wildman–Crippen MR) is 62.3 cm³/mol. The van der Waals surface area contributed by atoms with Crippen molar-refractivity contribution in [3.05, 3.63) is 0 Å². The molecule has 2 N–H and O–H groups in total. The van der Waals surface area contributed by atoms with Gasteiger partial charge in [0.1, 0.15) is 0 Å². The number of halogens is 4. The van der Waals surface area contributed by atoms with E-state index < -0.39 is 24.8 Å². The number of hydrogen-bond acceptors (Lipinski definition) is 3. The first-order valence-electron chi connectivity index (χ1n) is 5.67. The number of nitrogens with one attached hydrogen (secondary N) is 2. The maximum absolute atomic E-state index is 12.5. The summed E-state index contributed by atoms with van der Waals surface area (Å²) in [6, 6.07) is 0. The second kappa shape index (κ2) is 7.18. The van der Waals surface area contributed by atoms with E-state index in [-0.39, 0.29) is 5.75 Å². The lowest BCUT2D eigenvalue weighted by Gasteiger charge is -2.22. The molecule has 1 aliphatic rings. The lowest BCUT2D eigenvalue weighted by Crippen LogP contribution is -2.42. The van der Waals surface area contributed by atoms with Crippen LogP contribution >= 0.6 is 11.8 Å². The third-order valence-electron chi connectivity index (χ3n) is 2.58. The van der Waals surface area contributed by atoms with Crippen LogP contribution in [0.5, 0.6) is 0 Å². The number of carbonyl (C=O) groups is 1. The van der Waals surface area contributed by atoms with E-state index in [1.54, 1.807) is 0 Å². The smallest absolute Gasteiger partial charge is 0.324 e. The highest BCUT2D eigenvalue weighted by molar-refractivity contribution is 8.00. The summed E-state index contributed by atoms with van der Waals surface area (Å²) in [5, 5.41) is 5.33. The fourth-order valence-electron chi connectivity index (χ4n) is 1.50. The summed E-state index contributed by atoms with van der Waals surface area (Å²) < 4.78 is 48.7. The van der Waals surface area contributed by atoms with Crippen LogP contribution in [0.25, 0.3) is 0 Å². The molecule has 0 aliphatic carbocycles. The average Bonchev–Trinajstić information content (AvgIpc) is 2.35. The van der Waals surface area contributed by atoms with E-state index in [0.29, 0.717) is 5.25 Å². The quantitative estimate of drug-likeness (QED) is 0.728. The van der Waals surface area contributed by atoms with Crippen LogP contribution in [-0.2, 0) is 4.79 Å². The number of piperidine rings is 1. The van der Waals surface area contributed by atoms with E-state index in [9.17, 15) is 22.4 Å². The Morgan fingerprint density at radius 3 is 2.56 bits per heavy atom. The predicted octanol–water partition coefficient (Wildman–Crippen LogP) is 1.49. The molecule has 0 unspecified atom stereocenters. The van der Waals surface area contributed by atoms with Crippen molar-refractivity contribution in [2.75, 3.05) is 25.4 Å². The Morgan fingerprint density at radius 1 is 1.39 bits per heavy atom.